The zero-order valence-electron chi connectivity index (χ0n) is 22.6. The van der Waals surface area contributed by atoms with Gasteiger partial charge < -0.3 is 13.9 Å². The highest BCUT2D eigenvalue weighted by atomic mass is 79.9. The summed E-state index contributed by atoms with van der Waals surface area (Å²) in [5.74, 6) is 0.559. The molecule has 0 radical (unpaired) electrons. The van der Waals surface area contributed by atoms with Crippen LogP contribution in [0.3, 0.4) is 0 Å². The van der Waals surface area contributed by atoms with Gasteiger partial charge in [0.25, 0.3) is 5.56 Å². The van der Waals surface area contributed by atoms with Gasteiger partial charge in [-0.25, -0.2) is 9.79 Å². The number of allylic oxidation sites excluding steroid dienone is 1. The quantitative estimate of drug-likeness (QED) is 0.231. The van der Waals surface area contributed by atoms with Crippen molar-refractivity contribution in [1.82, 2.24) is 4.57 Å². The fraction of sp³-hybridized carbons (Fsp3) is 0.233. The Bertz CT molecular complexity index is 1800. The Morgan fingerprint density at radius 2 is 1.90 bits per heavy atom. The summed E-state index contributed by atoms with van der Waals surface area (Å²) >= 11 is 6.28. The van der Waals surface area contributed by atoms with E-state index in [4.69, 9.17) is 13.9 Å². The van der Waals surface area contributed by atoms with E-state index in [1.54, 1.807) is 40.0 Å². The first-order valence-electron chi connectivity index (χ1n) is 12.6. The second kappa shape index (κ2) is 11.6. The number of methoxy groups -OCH3 is 1. The van der Waals surface area contributed by atoms with Crippen molar-refractivity contribution in [1.29, 1.82) is 0 Å². The SMILES string of the molecule is COc1ccc(Br)cc1[C@H]1C(C(=O)OC(C)C)=C(C)N=c2s/c(=C\c3ccc(Sc4ccc(C)cc4)o3)c(=O)n21. The van der Waals surface area contributed by atoms with Gasteiger partial charge in [0, 0.05) is 21.0 Å². The number of aryl methyl sites for hydroxylation is 1. The molecule has 0 aliphatic carbocycles. The number of aromatic nitrogens is 1. The van der Waals surface area contributed by atoms with Gasteiger partial charge in [-0.3, -0.25) is 9.36 Å². The van der Waals surface area contributed by atoms with Crippen molar-refractivity contribution in [2.75, 3.05) is 7.11 Å². The lowest BCUT2D eigenvalue weighted by Gasteiger charge is -2.26. The number of furan rings is 1. The third kappa shape index (κ3) is 5.75. The molecular formula is C30H27BrN2O5S2. The van der Waals surface area contributed by atoms with Crippen LogP contribution in [0.1, 0.15) is 43.7 Å². The Morgan fingerprint density at radius 1 is 1.15 bits per heavy atom. The van der Waals surface area contributed by atoms with Crippen molar-refractivity contribution >= 4 is 51.1 Å². The third-order valence-corrected chi connectivity index (χ3v) is 8.59. The maximum atomic E-state index is 13.9. The molecule has 1 aliphatic heterocycles. The van der Waals surface area contributed by atoms with Crippen LogP contribution < -0.4 is 19.6 Å². The summed E-state index contributed by atoms with van der Waals surface area (Å²) < 4.78 is 20.0. The van der Waals surface area contributed by atoms with Gasteiger partial charge in [-0.15, -0.1) is 0 Å². The molecule has 0 fully saturated rings. The van der Waals surface area contributed by atoms with Gasteiger partial charge in [0.1, 0.15) is 17.6 Å². The number of fused-ring (bicyclic) bond motifs is 1. The van der Waals surface area contributed by atoms with Crippen molar-refractivity contribution in [3.05, 3.63) is 107 Å². The van der Waals surface area contributed by atoms with Crippen molar-refractivity contribution in [2.24, 2.45) is 4.99 Å². The molecule has 0 saturated heterocycles. The average Bonchev–Trinajstić information content (AvgIpc) is 3.47. The summed E-state index contributed by atoms with van der Waals surface area (Å²) in [7, 11) is 1.56. The van der Waals surface area contributed by atoms with Gasteiger partial charge >= 0.3 is 5.97 Å². The van der Waals surface area contributed by atoms with Crippen LogP contribution in [0.25, 0.3) is 6.08 Å². The molecule has 0 spiro atoms. The van der Waals surface area contributed by atoms with Crippen LogP contribution in [-0.4, -0.2) is 23.8 Å². The molecule has 10 heteroatoms. The smallest absolute Gasteiger partial charge is 0.338 e. The van der Waals surface area contributed by atoms with Crippen LogP contribution in [0.2, 0.25) is 0 Å². The normalized spacial score (nSPS) is 15.3. The number of hydrogen-bond donors (Lipinski definition) is 0. The second-order valence-electron chi connectivity index (χ2n) is 9.49. The maximum absolute atomic E-state index is 13.9. The molecule has 4 aromatic rings. The Hall–Kier alpha value is -3.34. The van der Waals surface area contributed by atoms with E-state index in [0.29, 0.717) is 42.8 Å². The lowest BCUT2D eigenvalue weighted by atomic mass is 9.95. The topological polar surface area (TPSA) is 83.0 Å². The molecule has 2 aromatic carbocycles. The minimum atomic E-state index is -0.790. The van der Waals surface area contributed by atoms with Crippen molar-refractivity contribution in [3.63, 3.8) is 0 Å². The molecule has 0 N–H and O–H groups in total. The number of rotatable bonds is 7. The first-order valence-corrected chi connectivity index (χ1v) is 15.0. The maximum Gasteiger partial charge on any atom is 0.338 e. The summed E-state index contributed by atoms with van der Waals surface area (Å²) in [6, 6.07) is 16.6. The van der Waals surface area contributed by atoms with E-state index in [-0.39, 0.29) is 11.7 Å². The summed E-state index contributed by atoms with van der Waals surface area (Å²) in [5, 5.41) is 0.717. The number of thiazole rings is 1. The van der Waals surface area contributed by atoms with Crippen LogP contribution in [0, 0.1) is 6.92 Å². The molecule has 0 saturated carbocycles. The Balaban J connectivity index is 1.61. The molecule has 1 aliphatic rings. The molecule has 0 bridgehead atoms. The average molecular weight is 640 g/mol. The van der Waals surface area contributed by atoms with Crippen LogP contribution in [0.15, 0.2) is 94.5 Å². The summed E-state index contributed by atoms with van der Waals surface area (Å²) in [5.41, 5.74) is 2.32. The van der Waals surface area contributed by atoms with E-state index in [9.17, 15) is 9.59 Å². The number of carbonyl (C=O) groups is 1. The Morgan fingerprint density at radius 3 is 2.60 bits per heavy atom. The minimum Gasteiger partial charge on any atom is -0.496 e. The lowest BCUT2D eigenvalue weighted by molar-refractivity contribution is -0.143. The van der Waals surface area contributed by atoms with Gasteiger partial charge in [0.05, 0.1) is 29.0 Å². The van der Waals surface area contributed by atoms with Crippen LogP contribution in [0.5, 0.6) is 5.75 Å². The van der Waals surface area contributed by atoms with Gasteiger partial charge in [0.15, 0.2) is 9.89 Å². The molecule has 5 rings (SSSR count). The van der Waals surface area contributed by atoms with E-state index in [1.165, 1.54) is 33.2 Å². The van der Waals surface area contributed by atoms with Crippen molar-refractivity contribution in [3.8, 4) is 5.75 Å². The second-order valence-corrected chi connectivity index (χ2v) is 12.5. The monoisotopic (exact) mass is 638 g/mol. The van der Waals surface area contributed by atoms with E-state index >= 15 is 0 Å². The highest BCUT2D eigenvalue weighted by Crippen LogP contribution is 2.37. The highest BCUT2D eigenvalue weighted by Gasteiger charge is 2.35. The Kier molecular flexibility index (Phi) is 8.21. The van der Waals surface area contributed by atoms with E-state index in [0.717, 1.165) is 9.37 Å². The van der Waals surface area contributed by atoms with Crippen LogP contribution in [-0.2, 0) is 9.53 Å². The molecule has 2 aromatic heterocycles. The van der Waals surface area contributed by atoms with Crippen LogP contribution in [0.4, 0.5) is 0 Å². The first-order chi connectivity index (χ1) is 19.1. The number of hydrogen-bond acceptors (Lipinski definition) is 8. The summed E-state index contributed by atoms with van der Waals surface area (Å²) in [6.45, 7) is 7.37. The van der Waals surface area contributed by atoms with E-state index < -0.39 is 12.0 Å². The van der Waals surface area contributed by atoms with Gasteiger partial charge in [-0.1, -0.05) is 56.7 Å². The predicted molar refractivity (Wildman–Crippen MR) is 160 cm³/mol. The molecule has 206 valence electrons. The fourth-order valence-electron chi connectivity index (χ4n) is 4.39. The molecule has 0 unspecified atom stereocenters. The predicted octanol–water partition coefficient (Wildman–Crippen LogP) is 6.01. The zero-order valence-corrected chi connectivity index (χ0v) is 25.8. The third-order valence-electron chi connectivity index (χ3n) is 6.19. The molecule has 1 atom stereocenters. The molecular weight excluding hydrogens is 612 g/mol. The minimum absolute atomic E-state index is 0.290. The van der Waals surface area contributed by atoms with Gasteiger partial charge in [-0.2, -0.15) is 0 Å². The molecule has 7 nitrogen and oxygen atoms in total. The highest BCUT2D eigenvalue weighted by molar-refractivity contribution is 9.10. The van der Waals surface area contributed by atoms with Crippen molar-refractivity contribution in [2.45, 2.75) is 49.8 Å². The van der Waals surface area contributed by atoms with Crippen LogP contribution >= 0.6 is 39.0 Å². The Labute approximate surface area is 248 Å². The fourth-order valence-corrected chi connectivity index (χ4v) is 6.58. The zero-order chi connectivity index (χ0) is 28.6. The molecule has 40 heavy (non-hydrogen) atoms. The number of ether oxygens (including phenoxy) is 2. The standard InChI is InChI=1S/C30H27BrN2O5S2/c1-16(2)37-29(35)26-18(4)32-30-33(27(26)22-14-19(31)8-12-23(22)36-5)28(34)24(40-30)15-20-9-13-25(38-20)39-21-10-6-17(3)7-11-21/h6-16,27H,1-5H3/b24-15-/t27-/m0/s1. The number of benzene rings is 2. The number of esters is 1. The number of halogens is 1. The van der Waals surface area contributed by atoms with E-state index in [2.05, 4.69) is 33.1 Å². The summed E-state index contributed by atoms with van der Waals surface area (Å²) in [6.07, 6.45) is 1.37. The van der Waals surface area contributed by atoms with Gasteiger partial charge in [-0.05, 0) is 70.2 Å². The van der Waals surface area contributed by atoms with Gasteiger partial charge in [0.2, 0.25) is 0 Å². The number of carbonyl (C=O) groups excluding carboxylic acids is 1. The van der Waals surface area contributed by atoms with E-state index in [1.807, 2.05) is 43.3 Å². The number of nitrogens with zero attached hydrogens (tertiary/aromatic N) is 2. The molecule has 0 amide bonds. The van der Waals surface area contributed by atoms with Crippen molar-refractivity contribution < 1.29 is 18.7 Å². The molecule has 3 heterocycles. The lowest BCUT2D eigenvalue weighted by Crippen LogP contribution is -2.40. The summed E-state index contributed by atoms with van der Waals surface area (Å²) in [4.78, 5) is 33.5. The largest absolute Gasteiger partial charge is 0.496 e. The first kappa shape index (κ1) is 28.2.